The molecule has 2 rings (SSSR count). The zero-order valence-corrected chi connectivity index (χ0v) is 12.3. The molecule has 6 nitrogen and oxygen atoms in total. The average molecular weight is 331 g/mol. The summed E-state index contributed by atoms with van der Waals surface area (Å²) in [5.74, 6) is -0.655. The third-order valence-electron chi connectivity index (χ3n) is 3.27. The van der Waals surface area contributed by atoms with Crippen LogP contribution in [0, 0.1) is 6.92 Å². The molecule has 1 aromatic heterocycles. The van der Waals surface area contributed by atoms with Crippen LogP contribution in [-0.4, -0.2) is 42.5 Å². The van der Waals surface area contributed by atoms with Gasteiger partial charge in [-0.2, -0.15) is 0 Å². The highest BCUT2D eigenvalue weighted by Crippen LogP contribution is 2.26. The Kier molecular flexibility index (Phi) is 3.96. The highest BCUT2D eigenvalue weighted by atomic mass is 79.9. The zero-order chi connectivity index (χ0) is 14.2. The largest absolute Gasteiger partial charge is 0.444 e. The molecule has 1 saturated heterocycles. The van der Waals surface area contributed by atoms with Gasteiger partial charge < -0.3 is 19.8 Å². The minimum atomic E-state index is -0.652. The van der Waals surface area contributed by atoms with Gasteiger partial charge in [-0.1, -0.05) is 0 Å². The second kappa shape index (κ2) is 5.34. The quantitative estimate of drug-likeness (QED) is 0.898. The van der Waals surface area contributed by atoms with E-state index in [0.717, 1.165) is 0 Å². The van der Waals surface area contributed by atoms with E-state index in [-0.39, 0.29) is 17.8 Å². The number of halogens is 1. The normalized spacial score (nSPS) is 22.8. The highest BCUT2D eigenvalue weighted by molar-refractivity contribution is 9.10. The number of primary amides is 1. The van der Waals surface area contributed by atoms with E-state index in [0.29, 0.717) is 23.2 Å². The number of methoxy groups -OCH3 is 1. The Morgan fingerprint density at radius 2 is 2.26 bits per heavy atom. The molecular weight excluding hydrogens is 316 g/mol. The molecule has 0 aromatic carbocycles. The van der Waals surface area contributed by atoms with Crippen LogP contribution in [0.3, 0.4) is 0 Å². The second-order valence-electron chi connectivity index (χ2n) is 4.53. The van der Waals surface area contributed by atoms with Gasteiger partial charge in [-0.3, -0.25) is 9.59 Å². The lowest BCUT2D eigenvalue weighted by Gasteiger charge is -2.20. The summed E-state index contributed by atoms with van der Waals surface area (Å²) in [6.07, 6.45) is 0.235. The minimum absolute atomic E-state index is 0.180. The molecular formula is C12H15BrN2O4. The van der Waals surface area contributed by atoms with E-state index in [4.69, 9.17) is 14.9 Å². The molecule has 0 saturated carbocycles. The zero-order valence-electron chi connectivity index (χ0n) is 10.7. The maximum absolute atomic E-state index is 12.4. The molecule has 1 aliphatic heterocycles. The van der Waals surface area contributed by atoms with Gasteiger partial charge in [-0.15, -0.1) is 0 Å². The average Bonchev–Trinajstić information content (AvgIpc) is 2.91. The molecule has 0 spiro atoms. The van der Waals surface area contributed by atoms with Crippen molar-refractivity contribution in [2.24, 2.45) is 5.73 Å². The first-order valence-corrected chi connectivity index (χ1v) is 6.62. The second-order valence-corrected chi connectivity index (χ2v) is 5.31. The van der Waals surface area contributed by atoms with Gasteiger partial charge in [0.15, 0.2) is 10.4 Å². The van der Waals surface area contributed by atoms with E-state index in [9.17, 15) is 9.59 Å². The van der Waals surface area contributed by atoms with E-state index >= 15 is 0 Å². The minimum Gasteiger partial charge on any atom is -0.444 e. The van der Waals surface area contributed by atoms with Gasteiger partial charge in [0.1, 0.15) is 6.04 Å². The Morgan fingerprint density at radius 3 is 2.74 bits per heavy atom. The Labute approximate surface area is 119 Å². The van der Waals surface area contributed by atoms with Crippen molar-refractivity contribution in [2.45, 2.75) is 25.5 Å². The Morgan fingerprint density at radius 1 is 1.58 bits per heavy atom. The van der Waals surface area contributed by atoms with Crippen LogP contribution in [-0.2, 0) is 9.53 Å². The Balaban J connectivity index is 2.26. The lowest BCUT2D eigenvalue weighted by Crippen LogP contribution is -2.43. The lowest BCUT2D eigenvalue weighted by atomic mass is 10.2. The van der Waals surface area contributed by atoms with Crippen LogP contribution in [0.1, 0.15) is 22.5 Å². The molecule has 2 N–H and O–H groups in total. The molecule has 104 valence electrons. The summed E-state index contributed by atoms with van der Waals surface area (Å²) in [4.78, 5) is 25.2. The molecule has 2 amide bonds. The van der Waals surface area contributed by atoms with Gasteiger partial charge in [-0.05, 0) is 28.9 Å². The van der Waals surface area contributed by atoms with Crippen LogP contribution < -0.4 is 5.73 Å². The predicted octanol–water partition coefficient (Wildman–Crippen LogP) is 1.07. The summed E-state index contributed by atoms with van der Waals surface area (Å²) in [6.45, 7) is 2.10. The number of carbonyl (C=O) groups excluding carboxylic acids is 2. The topological polar surface area (TPSA) is 85.8 Å². The summed E-state index contributed by atoms with van der Waals surface area (Å²) in [5, 5.41) is 0. The van der Waals surface area contributed by atoms with E-state index in [1.54, 1.807) is 20.1 Å². The SMILES string of the molecule is CO[C@H]1C[C@@H](C(N)=O)N(C(=O)c2oc(Br)cc2C)C1. The number of ether oxygens (including phenoxy) is 1. The summed E-state index contributed by atoms with van der Waals surface area (Å²) in [5.41, 5.74) is 6.05. The summed E-state index contributed by atoms with van der Waals surface area (Å²) < 4.78 is 11.0. The van der Waals surface area contributed by atoms with Crippen LogP contribution in [0.15, 0.2) is 15.2 Å². The fourth-order valence-electron chi connectivity index (χ4n) is 2.25. The van der Waals surface area contributed by atoms with Crippen LogP contribution in [0.25, 0.3) is 0 Å². The standard InChI is InChI=1S/C12H15BrN2O4/c1-6-3-9(13)19-10(6)12(17)15-5-7(18-2)4-8(15)11(14)16/h3,7-8H,4-5H2,1-2H3,(H2,14,16)/t7-,8-/m0/s1. The van der Waals surface area contributed by atoms with Crippen molar-refractivity contribution >= 4 is 27.7 Å². The Bertz CT molecular complexity index is 514. The maximum Gasteiger partial charge on any atom is 0.290 e. The molecule has 2 heterocycles. The number of carbonyl (C=O) groups is 2. The first-order valence-electron chi connectivity index (χ1n) is 5.83. The predicted molar refractivity (Wildman–Crippen MR) is 70.6 cm³/mol. The Hall–Kier alpha value is -1.34. The lowest BCUT2D eigenvalue weighted by molar-refractivity contribution is -0.121. The van der Waals surface area contributed by atoms with Crippen LogP contribution in [0.5, 0.6) is 0 Å². The number of hydrogen-bond acceptors (Lipinski definition) is 4. The molecule has 0 aliphatic carbocycles. The first-order chi connectivity index (χ1) is 8.93. The summed E-state index contributed by atoms with van der Waals surface area (Å²) >= 11 is 3.18. The van der Waals surface area contributed by atoms with Gasteiger partial charge in [-0.25, -0.2) is 0 Å². The van der Waals surface area contributed by atoms with E-state index in [2.05, 4.69) is 15.9 Å². The number of hydrogen-bond donors (Lipinski definition) is 1. The molecule has 2 atom stereocenters. The van der Waals surface area contributed by atoms with Crippen molar-refractivity contribution in [2.75, 3.05) is 13.7 Å². The number of nitrogens with zero attached hydrogens (tertiary/aromatic N) is 1. The third-order valence-corrected chi connectivity index (χ3v) is 3.66. The molecule has 0 radical (unpaired) electrons. The van der Waals surface area contributed by atoms with Crippen LogP contribution in [0.2, 0.25) is 0 Å². The smallest absolute Gasteiger partial charge is 0.290 e. The fourth-order valence-corrected chi connectivity index (χ4v) is 2.75. The van der Waals surface area contributed by atoms with Gasteiger partial charge >= 0.3 is 0 Å². The molecule has 19 heavy (non-hydrogen) atoms. The number of rotatable bonds is 3. The van der Waals surface area contributed by atoms with Crippen molar-refractivity contribution in [1.82, 2.24) is 4.90 Å². The van der Waals surface area contributed by atoms with Gasteiger partial charge in [0, 0.05) is 25.6 Å². The van der Waals surface area contributed by atoms with Crippen molar-refractivity contribution in [3.8, 4) is 0 Å². The summed E-state index contributed by atoms with van der Waals surface area (Å²) in [6, 6.07) is 1.05. The number of nitrogens with two attached hydrogens (primary N) is 1. The van der Waals surface area contributed by atoms with E-state index in [1.807, 2.05) is 0 Å². The molecule has 0 unspecified atom stereocenters. The van der Waals surface area contributed by atoms with Crippen LogP contribution in [0.4, 0.5) is 0 Å². The fraction of sp³-hybridized carbons (Fsp3) is 0.500. The summed E-state index contributed by atoms with van der Waals surface area (Å²) in [7, 11) is 1.55. The first kappa shape index (κ1) is 14.1. The van der Waals surface area contributed by atoms with Gasteiger partial charge in [0.05, 0.1) is 6.10 Å². The molecule has 1 aromatic rings. The molecule has 1 aliphatic rings. The van der Waals surface area contributed by atoms with Crippen molar-refractivity contribution in [3.05, 3.63) is 22.1 Å². The molecule has 0 bridgehead atoms. The number of amides is 2. The van der Waals surface area contributed by atoms with Crippen molar-refractivity contribution in [3.63, 3.8) is 0 Å². The monoisotopic (exact) mass is 330 g/mol. The number of furan rings is 1. The van der Waals surface area contributed by atoms with Gasteiger partial charge in [0.2, 0.25) is 5.91 Å². The highest BCUT2D eigenvalue weighted by Gasteiger charge is 2.40. The third kappa shape index (κ3) is 2.66. The van der Waals surface area contributed by atoms with Crippen molar-refractivity contribution in [1.29, 1.82) is 0 Å². The number of aryl methyl sites for hydroxylation is 1. The molecule has 7 heteroatoms. The maximum atomic E-state index is 12.4. The van der Waals surface area contributed by atoms with E-state index < -0.39 is 11.9 Å². The molecule has 1 fully saturated rings. The van der Waals surface area contributed by atoms with Gasteiger partial charge in [0.25, 0.3) is 5.91 Å². The van der Waals surface area contributed by atoms with Crippen molar-refractivity contribution < 1.29 is 18.7 Å². The van der Waals surface area contributed by atoms with Crippen LogP contribution >= 0.6 is 15.9 Å². The van der Waals surface area contributed by atoms with E-state index in [1.165, 1.54) is 4.90 Å². The number of likely N-dealkylation sites (tertiary alicyclic amines) is 1.